The maximum atomic E-state index is 12.6. The lowest BCUT2D eigenvalue weighted by Crippen LogP contribution is -2.13. The van der Waals surface area contributed by atoms with Gasteiger partial charge in [0.25, 0.3) is 5.91 Å². The lowest BCUT2D eigenvalue weighted by Gasteiger charge is -2.11. The van der Waals surface area contributed by atoms with E-state index in [4.69, 9.17) is 14.2 Å². The number of nitriles is 1. The monoisotopic (exact) mass is 464 g/mol. The fourth-order valence-corrected chi connectivity index (χ4v) is 3.66. The highest BCUT2D eigenvalue weighted by Gasteiger charge is 2.14. The maximum absolute atomic E-state index is 12.6. The molecular formula is C24H24N4O4S. The molecule has 3 aromatic rings. The minimum absolute atomic E-state index is 0.0640. The van der Waals surface area contributed by atoms with Crippen molar-refractivity contribution in [2.75, 3.05) is 25.6 Å². The highest BCUT2D eigenvalue weighted by Crippen LogP contribution is 2.23. The summed E-state index contributed by atoms with van der Waals surface area (Å²) in [5, 5.41) is 21.3. The zero-order valence-electron chi connectivity index (χ0n) is 18.4. The van der Waals surface area contributed by atoms with Crippen molar-refractivity contribution in [3.63, 3.8) is 0 Å². The Hall–Kier alpha value is -3.90. The van der Waals surface area contributed by atoms with Gasteiger partial charge in [-0.1, -0.05) is 42.5 Å². The first kappa shape index (κ1) is 23.8. The Morgan fingerprint density at radius 2 is 1.91 bits per heavy atom. The molecule has 0 saturated carbocycles. The molecule has 9 heteroatoms. The van der Waals surface area contributed by atoms with E-state index in [0.717, 1.165) is 17.8 Å². The van der Waals surface area contributed by atoms with Crippen molar-refractivity contribution in [2.45, 2.75) is 19.8 Å². The van der Waals surface area contributed by atoms with Gasteiger partial charge in [-0.05, 0) is 30.7 Å². The smallest absolute Gasteiger partial charge is 0.268 e. The topological polar surface area (TPSA) is 106 Å². The Balaban J connectivity index is 1.62. The molecule has 0 bridgehead atoms. The number of hydrogen-bond acceptors (Lipinski definition) is 8. The molecule has 3 rings (SSSR count). The van der Waals surface area contributed by atoms with Crippen LogP contribution in [0.15, 0.2) is 54.1 Å². The lowest BCUT2D eigenvalue weighted by atomic mass is 10.1. The van der Waals surface area contributed by atoms with E-state index in [0.29, 0.717) is 34.6 Å². The van der Waals surface area contributed by atoms with Gasteiger partial charge in [-0.25, -0.2) is 0 Å². The molecule has 0 saturated heterocycles. The first-order valence-electron chi connectivity index (χ1n) is 10.4. The summed E-state index contributed by atoms with van der Waals surface area (Å²) in [5.41, 5.74) is 0.542. The number of ether oxygens (including phenoxy) is 3. The summed E-state index contributed by atoms with van der Waals surface area (Å²) in [6, 6.07) is 16.4. The Bertz CT molecular complexity index is 1150. The molecule has 170 valence electrons. The van der Waals surface area contributed by atoms with Gasteiger partial charge in [-0.3, -0.25) is 10.1 Å². The number of para-hydroxylation sites is 1. The van der Waals surface area contributed by atoms with Gasteiger partial charge < -0.3 is 14.2 Å². The van der Waals surface area contributed by atoms with E-state index in [9.17, 15) is 10.1 Å². The third-order valence-corrected chi connectivity index (χ3v) is 5.28. The van der Waals surface area contributed by atoms with Crippen molar-refractivity contribution < 1.29 is 19.0 Å². The third-order valence-electron chi connectivity index (χ3n) is 4.39. The SMILES string of the molecule is CCCc1nnc(NC(=O)/C(C#N)=C\c2ccccc2OCCOc2cccc(OC)c2)s1. The van der Waals surface area contributed by atoms with Crippen LogP contribution in [0.1, 0.15) is 23.9 Å². The van der Waals surface area contributed by atoms with E-state index >= 15 is 0 Å². The predicted molar refractivity (Wildman–Crippen MR) is 127 cm³/mol. The molecule has 1 heterocycles. The van der Waals surface area contributed by atoms with E-state index in [2.05, 4.69) is 15.5 Å². The number of methoxy groups -OCH3 is 1. The quantitative estimate of drug-likeness (QED) is 0.253. The average Bonchev–Trinajstić information content (AvgIpc) is 3.28. The number of aromatic nitrogens is 2. The molecule has 1 amide bonds. The molecule has 8 nitrogen and oxygen atoms in total. The van der Waals surface area contributed by atoms with Crippen LogP contribution in [0.25, 0.3) is 6.08 Å². The zero-order chi connectivity index (χ0) is 23.5. The van der Waals surface area contributed by atoms with Gasteiger partial charge in [0.2, 0.25) is 5.13 Å². The van der Waals surface area contributed by atoms with Crippen molar-refractivity contribution in [1.82, 2.24) is 10.2 Å². The summed E-state index contributed by atoms with van der Waals surface area (Å²) in [6.07, 6.45) is 3.22. The number of carbonyl (C=O) groups is 1. The Kier molecular flexibility index (Phi) is 8.79. The van der Waals surface area contributed by atoms with E-state index in [1.165, 1.54) is 17.4 Å². The molecular weight excluding hydrogens is 440 g/mol. The molecule has 0 unspecified atom stereocenters. The van der Waals surface area contributed by atoms with Crippen LogP contribution in [-0.2, 0) is 11.2 Å². The van der Waals surface area contributed by atoms with Crippen molar-refractivity contribution in [3.05, 3.63) is 64.7 Å². The van der Waals surface area contributed by atoms with Crippen LogP contribution in [0.4, 0.5) is 5.13 Å². The van der Waals surface area contributed by atoms with Gasteiger partial charge in [0, 0.05) is 18.1 Å². The number of amides is 1. The predicted octanol–water partition coefficient (Wildman–Crippen LogP) is 4.50. The number of aryl methyl sites for hydroxylation is 1. The van der Waals surface area contributed by atoms with Gasteiger partial charge in [0.1, 0.15) is 47.1 Å². The average molecular weight is 465 g/mol. The second kappa shape index (κ2) is 12.2. The minimum atomic E-state index is -0.548. The van der Waals surface area contributed by atoms with Crippen LogP contribution in [0.2, 0.25) is 0 Å². The Labute approximate surface area is 196 Å². The minimum Gasteiger partial charge on any atom is -0.497 e. The summed E-state index contributed by atoms with van der Waals surface area (Å²) in [7, 11) is 1.60. The van der Waals surface area contributed by atoms with Crippen molar-refractivity contribution in [2.24, 2.45) is 0 Å². The van der Waals surface area contributed by atoms with Gasteiger partial charge >= 0.3 is 0 Å². The molecule has 0 aliphatic carbocycles. The molecule has 1 N–H and O–H groups in total. The molecule has 0 fully saturated rings. The Morgan fingerprint density at radius 3 is 2.70 bits per heavy atom. The summed E-state index contributed by atoms with van der Waals surface area (Å²) in [4.78, 5) is 12.6. The van der Waals surface area contributed by atoms with Crippen molar-refractivity contribution >= 4 is 28.5 Å². The highest BCUT2D eigenvalue weighted by atomic mass is 32.1. The zero-order valence-corrected chi connectivity index (χ0v) is 19.2. The number of anilines is 1. The van der Waals surface area contributed by atoms with Crippen LogP contribution < -0.4 is 19.5 Å². The van der Waals surface area contributed by atoms with E-state index in [1.54, 1.807) is 31.4 Å². The van der Waals surface area contributed by atoms with Crippen LogP contribution in [0.3, 0.4) is 0 Å². The third kappa shape index (κ3) is 7.05. The Morgan fingerprint density at radius 1 is 1.12 bits per heavy atom. The molecule has 33 heavy (non-hydrogen) atoms. The van der Waals surface area contributed by atoms with Gasteiger partial charge in [0.05, 0.1) is 7.11 Å². The number of hydrogen-bond donors (Lipinski definition) is 1. The highest BCUT2D eigenvalue weighted by molar-refractivity contribution is 7.15. The molecule has 0 aliphatic heterocycles. The number of nitrogens with one attached hydrogen (secondary N) is 1. The van der Waals surface area contributed by atoms with Crippen LogP contribution >= 0.6 is 11.3 Å². The van der Waals surface area contributed by atoms with E-state index in [1.807, 2.05) is 37.3 Å². The fourth-order valence-electron chi connectivity index (χ4n) is 2.82. The second-order valence-electron chi connectivity index (χ2n) is 6.79. The van der Waals surface area contributed by atoms with Crippen LogP contribution in [0.5, 0.6) is 17.2 Å². The normalized spacial score (nSPS) is 10.9. The van der Waals surface area contributed by atoms with Gasteiger partial charge in [-0.15, -0.1) is 10.2 Å². The fraction of sp³-hybridized carbons (Fsp3) is 0.250. The largest absolute Gasteiger partial charge is 0.497 e. The molecule has 0 aliphatic rings. The number of benzene rings is 2. The van der Waals surface area contributed by atoms with Crippen LogP contribution in [-0.4, -0.2) is 36.4 Å². The molecule has 1 aromatic heterocycles. The molecule has 0 radical (unpaired) electrons. The first-order chi connectivity index (χ1) is 16.1. The molecule has 0 atom stereocenters. The van der Waals surface area contributed by atoms with Gasteiger partial charge in [0.15, 0.2) is 0 Å². The van der Waals surface area contributed by atoms with E-state index < -0.39 is 5.91 Å². The van der Waals surface area contributed by atoms with Gasteiger partial charge in [-0.2, -0.15) is 5.26 Å². The first-order valence-corrected chi connectivity index (χ1v) is 11.2. The van der Waals surface area contributed by atoms with E-state index in [-0.39, 0.29) is 12.2 Å². The summed E-state index contributed by atoms with van der Waals surface area (Å²) < 4.78 is 16.7. The number of nitrogens with zero attached hydrogens (tertiary/aromatic N) is 3. The van der Waals surface area contributed by atoms with Crippen LogP contribution in [0, 0.1) is 11.3 Å². The summed E-state index contributed by atoms with van der Waals surface area (Å²) in [5.74, 6) is 1.37. The summed E-state index contributed by atoms with van der Waals surface area (Å²) >= 11 is 1.30. The summed E-state index contributed by atoms with van der Waals surface area (Å²) in [6.45, 7) is 2.63. The number of rotatable bonds is 11. The molecule has 2 aromatic carbocycles. The van der Waals surface area contributed by atoms with Crippen molar-refractivity contribution in [1.29, 1.82) is 5.26 Å². The van der Waals surface area contributed by atoms with Crippen molar-refractivity contribution in [3.8, 4) is 23.3 Å². The maximum Gasteiger partial charge on any atom is 0.268 e. The molecule has 0 spiro atoms. The lowest BCUT2D eigenvalue weighted by molar-refractivity contribution is -0.112. The number of carbonyl (C=O) groups excluding carboxylic acids is 1. The standard InChI is InChI=1S/C24H24N4O4S/c1-3-7-22-27-28-24(33-22)26-23(29)18(16-25)14-17-8-4-5-11-21(17)32-13-12-31-20-10-6-9-19(15-20)30-2/h4-6,8-11,14-15H,3,7,12-13H2,1-2H3,(H,26,28,29)/b18-14-. The second-order valence-corrected chi connectivity index (χ2v) is 7.85.